The number of phenols is 2. The molecule has 22 rings (SSSR count). The summed E-state index contributed by atoms with van der Waals surface area (Å²) in [6.07, 6.45) is 23.9. The van der Waals surface area contributed by atoms with Gasteiger partial charge in [0.1, 0.15) is 29.0 Å². The highest BCUT2D eigenvalue weighted by atomic mass is 35.5. The van der Waals surface area contributed by atoms with Crippen LogP contribution in [0.15, 0.2) is 36.4 Å². The molecule has 12 bridgehead atoms. The van der Waals surface area contributed by atoms with Crippen molar-refractivity contribution in [1.82, 2.24) is 0 Å². The maximum atomic E-state index is 12.5. The lowest BCUT2D eigenvalue weighted by molar-refractivity contribution is -0.952. The van der Waals surface area contributed by atoms with E-state index in [4.69, 9.17) is 36.1 Å². The van der Waals surface area contributed by atoms with Gasteiger partial charge in [0, 0.05) is 139 Å². The van der Waals surface area contributed by atoms with Crippen molar-refractivity contribution >= 4 is 17.7 Å². The molecule has 12 saturated carbocycles. The van der Waals surface area contributed by atoms with Crippen LogP contribution in [0.5, 0.6) is 17.2 Å². The van der Waals surface area contributed by atoms with Crippen LogP contribution in [0.25, 0.3) is 0 Å². The molecule has 0 radical (unpaired) electrons. The highest BCUT2D eigenvalue weighted by Gasteiger charge is 2.85. The van der Waals surface area contributed by atoms with Crippen LogP contribution < -0.4 is 59.2 Å². The fourth-order valence-corrected chi connectivity index (χ4v) is 29.9. The summed E-state index contributed by atoms with van der Waals surface area (Å²) in [5, 5.41) is 58.3. The molecule has 15 aliphatic carbocycles. The smallest absolute Gasteiger partial charge is 0.252 e. The Balaban J connectivity index is 0.000000134. The zero-order valence-electron chi connectivity index (χ0n) is 67.0. The molecule has 0 aromatic heterocycles. The van der Waals surface area contributed by atoms with Crippen LogP contribution in [0.3, 0.4) is 0 Å². The zero-order chi connectivity index (χ0) is 75.0. The maximum Gasteiger partial charge on any atom is 0.252 e. The van der Waals surface area contributed by atoms with Gasteiger partial charge in [-0.2, -0.15) is 0 Å². The molecule has 11 N–H and O–H groups in total. The first-order valence-electron chi connectivity index (χ1n) is 40.9. The normalized spacial score (nSPS) is 42.2. The van der Waals surface area contributed by atoms with E-state index in [9.17, 15) is 39.9 Å². The number of amides is 3. The van der Waals surface area contributed by atoms with Gasteiger partial charge in [0.15, 0.2) is 0 Å². The summed E-state index contributed by atoms with van der Waals surface area (Å²) in [5.41, 5.74) is 19.9. The van der Waals surface area contributed by atoms with Crippen molar-refractivity contribution in [3.63, 3.8) is 0 Å². The molecule has 108 heavy (non-hydrogen) atoms. The number of nitrogens with two attached hydrogens (primary N) is 3. The van der Waals surface area contributed by atoms with E-state index in [0.717, 1.165) is 177 Å². The Morgan fingerprint density at radius 2 is 0.852 bits per heavy atom. The maximum absolute atomic E-state index is 12.5. The van der Waals surface area contributed by atoms with Crippen LogP contribution in [0, 0.1) is 57.2 Å². The molecule has 19 aliphatic rings. The fourth-order valence-electron chi connectivity index (χ4n) is 29.9. The minimum absolute atomic E-state index is 0. The summed E-state index contributed by atoms with van der Waals surface area (Å²) in [4.78, 5) is 37.1. The number of likely N-dealkylation sites (N-methyl/N-ethyl adjacent to an activating group) is 3. The third-order valence-electron chi connectivity index (χ3n) is 35.3. The predicted octanol–water partition coefficient (Wildman–Crippen LogP) is 1.48. The number of carbonyl (C=O) groups excluding carboxylic acids is 3. The third-order valence-corrected chi connectivity index (χ3v) is 35.3. The molecular weight excluding hydrogens is 1430 g/mol. The predicted molar refractivity (Wildman–Crippen MR) is 400 cm³/mol. The second-order valence-electron chi connectivity index (χ2n) is 41.6. The number of halogens is 3. The minimum Gasteiger partial charge on any atom is -1.00 e. The number of benzene rings is 3. The number of quaternary nitrogens is 3. The number of fused-ring (bicyclic) bond motifs is 8. The summed E-state index contributed by atoms with van der Waals surface area (Å²) in [6, 6.07) is 13.0. The molecular formula is C87H127Cl3N6O12. The van der Waals surface area contributed by atoms with E-state index < -0.39 is 51.3 Å². The molecule has 4 heterocycles. The molecule has 4 spiro atoms. The van der Waals surface area contributed by atoms with E-state index in [2.05, 4.69) is 60.1 Å². The van der Waals surface area contributed by atoms with Crippen LogP contribution in [-0.4, -0.2) is 196 Å². The highest BCUT2D eigenvalue weighted by Crippen LogP contribution is 2.81. The number of methoxy groups -OCH3 is 3. The number of aromatic hydroxyl groups is 2. The van der Waals surface area contributed by atoms with Crippen LogP contribution >= 0.6 is 0 Å². The van der Waals surface area contributed by atoms with E-state index in [1.165, 1.54) is 80.4 Å². The number of piperidine rings is 3. The van der Waals surface area contributed by atoms with Crippen molar-refractivity contribution in [3.8, 4) is 17.2 Å². The molecule has 18 nitrogen and oxygen atoms in total. The van der Waals surface area contributed by atoms with Gasteiger partial charge in [-0.05, 0) is 184 Å². The lowest BCUT2D eigenvalue weighted by Crippen LogP contribution is -3.00. The van der Waals surface area contributed by atoms with Crippen molar-refractivity contribution in [2.75, 3.05) is 81.7 Å². The molecule has 4 aliphatic heterocycles. The number of rotatable bonds is 15. The number of nitrogens with zero attached hydrogens (tertiary/aromatic N) is 3. The van der Waals surface area contributed by atoms with Crippen molar-refractivity contribution < 1.29 is 110 Å². The summed E-state index contributed by atoms with van der Waals surface area (Å²) in [7, 11) is 12.9. The molecule has 3 aromatic carbocycles. The Labute approximate surface area is 660 Å². The second-order valence-corrected chi connectivity index (χ2v) is 41.6. The first kappa shape index (κ1) is 80.6. The van der Waals surface area contributed by atoms with Crippen LogP contribution in [-0.2, 0) is 49.7 Å². The SMILES string of the molecule is CO[C@]12CC[C@@]3(C[C@@H]1C(C)(C)O)[C@H]1Cc4ccc(C(N)=O)c(O)c4[C@@]3(CC[N@+]1(C)CC1CC1)C2.CO[C@]12CC[C@@]3(C[C@@H]1C(C)(C)O)[C@H]1Cc4ccc(C(N)=O)c5c4[C@@]3(CC[N@+]1(C)CC1CC1)[C@H]2O5.CO[C@]12CC[C@@]3(C[C@@H]1C(C)(O)C(C)(C)C)[C@H]1Cc4ccc(C(N)=O)c(O)c4[C@@]3(CC[N@+]1(C)CC1CC1)C2.[Cl-].[Cl-].[Cl-]. The van der Waals surface area contributed by atoms with Gasteiger partial charge in [0.2, 0.25) is 0 Å². The van der Waals surface area contributed by atoms with E-state index in [1.807, 2.05) is 47.8 Å². The van der Waals surface area contributed by atoms with Crippen molar-refractivity contribution in [3.05, 3.63) is 86.5 Å². The first-order valence-corrected chi connectivity index (χ1v) is 40.9. The highest BCUT2D eigenvalue weighted by molar-refractivity contribution is 5.98. The standard InChI is InChI=1S/C31H46N2O4.C28H38N2O4.C28H40N2O4.3ClH/c1-27(2,3)28(4,36)22-16-29-11-12-31(22,37-6)18-30(29)13-14-33(5,17-19-7-8-19)23(29)15-20-9-10-21(26(32)35)25(34)24(20)30;1-25(2,32)19-14-26-9-10-28(19,33-4)24-27(26)11-12-30(3,15-16-5-6-16)20(26)13-17-7-8-18(23(29)31)22(34-24)21(17)27;1-25(2,33)20-14-26-9-10-28(20,34-4)16-27(26)11-12-30(3,15-17-5-6-17)21(26)13-18-7-8-19(24(29)32)23(31)22(18)27;;;/h9-10,19,22-23,36H,7-8,11-18H2,1-6H3,(H2-,32,34,35);7-8,16,19-20,24,32H,5-6,9-15H2,1-4H3,(H-,29,31);7-8,17,20-21,33H,5-6,9-16H2,1-4H3,(H2-,29,31,32);3*1H/t22-,23-,28?,29-,30-,31+,33-;19-,20-,24-,26-,27+,28-,30-;20-,21-,26-,27-,28+,30-;;;/m111.../s1. The molecule has 20 atom stereocenters. The second kappa shape index (κ2) is 25.2. The molecule has 1 unspecified atom stereocenters. The van der Waals surface area contributed by atoms with Gasteiger partial charge in [-0.1, -0.05) is 39.0 Å². The first-order chi connectivity index (χ1) is 49.1. The van der Waals surface area contributed by atoms with Gasteiger partial charge in [-0.25, -0.2) is 0 Å². The minimum atomic E-state index is -0.913. The van der Waals surface area contributed by atoms with Gasteiger partial charge in [0.05, 0.1) is 129 Å². The molecule has 15 fully saturated rings. The number of ether oxygens (including phenoxy) is 4. The van der Waals surface area contributed by atoms with Gasteiger partial charge in [0.25, 0.3) is 17.7 Å². The molecule has 3 amide bonds. The lowest BCUT2D eigenvalue weighted by Gasteiger charge is -2.75. The topological polar surface area (TPSA) is 267 Å². The summed E-state index contributed by atoms with van der Waals surface area (Å²) >= 11 is 0. The largest absolute Gasteiger partial charge is 1.00 e. The van der Waals surface area contributed by atoms with Crippen molar-refractivity contribution in [2.24, 2.45) is 74.4 Å². The number of likely N-dealkylation sites (tertiary alicyclic amines) is 3. The number of aliphatic hydroxyl groups is 3. The third kappa shape index (κ3) is 10.5. The monoisotopic (exact) mass is 1550 g/mol. The molecule has 21 heteroatoms. The fraction of sp³-hybridized carbons (Fsp3) is 0.759. The molecule has 3 aromatic rings. The Kier molecular flexibility index (Phi) is 18.8. The Bertz CT molecular complexity index is 4150. The van der Waals surface area contributed by atoms with Gasteiger partial charge < -0.3 is 112 Å². The quantitative estimate of drug-likeness (QED) is 0.101. The molecule has 3 saturated heterocycles. The van der Waals surface area contributed by atoms with Gasteiger partial charge in [-0.3, -0.25) is 14.4 Å². The van der Waals surface area contributed by atoms with Crippen LogP contribution in [0.1, 0.15) is 248 Å². The van der Waals surface area contributed by atoms with Gasteiger partial charge in [-0.15, -0.1) is 0 Å². The Morgan fingerprint density at radius 1 is 0.481 bits per heavy atom. The zero-order valence-corrected chi connectivity index (χ0v) is 69.3. The van der Waals surface area contributed by atoms with Gasteiger partial charge >= 0.3 is 0 Å². The number of primary amides is 3. The Hall–Kier alpha value is -4.02. The summed E-state index contributed by atoms with van der Waals surface area (Å²) < 4.78 is 29.6. The van der Waals surface area contributed by atoms with E-state index in [0.29, 0.717) is 23.7 Å². The Morgan fingerprint density at radius 3 is 1.24 bits per heavy atom. The van der Waals surface area contributed by atoms with E-state index in [-0.39, 0.29) is 122 Å². The summed E-state index contributed by atoms with van der Waals surface area (Å²) in [5.74, 6) is 1.84. The average Bonchev–Trinajstić information content (AvgIpc) is 1.36. The number of hydrogen-bond donors (Lipinski definition) is 8. The molecule has 598 valence electrons. The number of carbonyl (C=O) groups is 3. The summed E-state index contributed by atoms with van der Waals surface area (Å²) in [6.45, 7) is 23.2. The average molecular weight is 1560 g/mol. The van der Waals surface area contributed by atoms with E-state index >= 15 is 0 Å². The van der Waals surface area contributed by atoms with E-state index in [1.54, 1.807) is 26.4 Å². The van der Waals surface area contributed by atoms with Crippen molar-refractivity contribution in [1.29, 1.82) is 0 Å². The van der Waals surface area contributed by atoms with Crippen molar-refractivity contribution in [2.45, 2.75) is 277 Å². The lowest BCUT2D eigenvalue weighted by atomic mass is 9.33. The number of hydrogen-bond acceptors (Lipinski definition) is 12. The van der Waals surface area contributed by atoms with Crippen LogP contribution in [0.4, 0.5) is 0 Å². The van der Waals surface area contributed by atoms with Crippen LogP contribution in [0.2, 0.25) is 0 Å².